The predicted octanol–water partition coefficient (Wildman–Crippen LogP) is 2.67. The highest BCUT2D eigenvalue weighted by molar-refractivity contribution is 6.04. The summed E-state index contributed by atoms with van der Waals surface area (Å²) in [6.07, 6.45) is 2.37. The zero-order valence-electron chi connectivity index (χ0n) is 18.2. The summed E-state index contributed by atoms with van der Waals surface area (Å²) in [6, 6.07) is 19.0. The Morgan fingerprint density at radius 2 is 1.50 bits per heavy atom. The Labute approximate surface area is 188 Å². The van der Waals surface area contributed by atoms with E-state index in [0.717, 1.165) is 38.0 Å². The number of carbonyl (C=O) groups is 3. The Hall–Kier alpha value is -3.19. The molecule has 168 valence electrons. The van der Waals surface area contributed by atoms with Gasteiger partial charge in [-0.3, -0.25) is 19.4 Å². The van der Waals surface area contributed by atoms with Crippen LogP contribution in [0.1, 0.15) is 36.8 Å². The fraction of sp³-hybridized carbons (Fsp3) is 0.400. The molecule has 4 rings (SSSR count). The number of piperidine rings is 1. The van der Waals surface area contributed by atoms with Crippen LogP contribution in [0.25, 0.3) is 0 Å². The maximum Gasteiger partial charge on any atom is 0.325 e. The van der Waals surface area contributed by atoms with E-state index in [9.17, 15) is 14.4 Å². The molecule has 0 saturated carbocycles. The number of nitrogens with zero attached hydrogens (tertiary/aromatic N) is 2. The average Bonchev–Trinajstić information content (AvgIpc) is 3.08. The molecule has 2 aliphatic heterocycles. The Morgan fingerprint density at radius 1 is 0.906 bits per heavy atom. The molecule has 7 heteroatoms. The van der Waals surface area contributed by atoms with Gasteiger partial charge in [-0.05, 0) is 30.4 Å². The molecule has 7 nitrogen and oxygen atoms in total. The van der Waals surface area contributed by atoms with Crippen LogP contribution >= 0.6 is 0 Å². The molecule has 2 heterocycles. The number of urea groups is 1. The molecule has 2 aromatic rings. The second-order valence-electron chi connectivity index (χ2n) is 8.55. The molecule has 0 aliphatic carbocycles. The Kier molecular flexibility index (Phi) is 7.17. The summed E-state index contributed by atoms with van der Waals surface area (Å²) < 4.78 is 0. The summed E-state index contributed by atoms with van der Waals surface area (Å²) >= 11 is 0. The Bertz CT molecular complexity index is 927. The van der Waals surface area contributed by atoms with Gasteiger partial charge >= 0.3 is 6.03 Å². The normalized spacial score (nSPS) is 19.8. The lowest BCUT2D eigenvalue weighted by Crippen LogP contribution is -2.44. The minimum atomic E-state index is -0.635. The molecular formula is C25H30N4O3. The minimum Gasteiger partial charge on any atom is -0.353 e. The molecule has 1 atom stereocenters. The van der Waals surface area contributed by atoms with Crippen molar-refractivity contribution < 1.29 is 14.4 Å². The fourth-order valence-electron chi connectivity index (χ4n) is 4.34. The van der Waals surface area contributed by atoms with E-state index in [4.69, 9.17) is 0 Å². The summed E-state index contributed by atoms with van der Waals surface area (Å²) in [6.45, 7) is 3.08. The van der Waals surface area contributed by atoms with E-state index in [-0.39, 0.29) is 30.8 Å². The molecular weight excluding hydrogens is 404 g/mol. The Morgan fingerprint density at radius 3 is 2.12 bits per heavy atom. The summed E-state index contributed by atoms with van der Waals surface area (Å²) in [4.78, 5) is 40.9. The monoisotopic (exact) mass is 434 g/mol. The highest BCUT2D eigenvalue weighted by Gasteiger charge is 2.37. The molecule has 32 heavy (non-hydrogen) atoms. The first-order valence-electron chi connectivity index (χ1n) is 11.3. The third-order valence-corrected chi connectivity index (χ3v) is 6.15. The zero-order chi connectivity index (χ0) is 22.3. The first kappa shape index (κ1) is 22.0. The quantitative estimate of drug-likeness (QED) is 0.626. The van der Waals surface area contributed by atoms with E-state index in [1.54, 1.807) is 0 Å². The molecule has 2 fully saturated rings. The standard InChI is InChI=1S/C25H30N4O3/c30-23(26-21-13-15-28(16-14-21)17-19-7-3-1-4-8-19)12-11-22-24(31)29(25(32)27-22)18-20-9-5-2-6-10-20/h1-10,21-22H,11-18H2,(H,26,30)(H,27,32)/t22-/m0/s1. The van der Waals surface area contributed by atoms with Crippen molar-refractivity contribution in [1.82, 2.24) is 20.4 Å². The van der Waals surface area contributed by atoms with Crippen LogP contribution in [0.5, 0.6) is 0 Å². The lowest BCUT2D eigenvalue weighted by molar-refractivity contribution is -0.128. The van der Waals surface area contributed by atoms with Crippen molar-refractivity contribution in [2.24, 2.45) is 0 Å². The third-order valence-electron chi connectivity index (χ3n) is 6.15. The van der Waals surface area contributed by atoms with Crippen LogP contribution in [-0.4, -0.2) is 52.8 Å². The van der Waals surface area contributed by atoms with Gasteiger partial charge in [0.05, 0.1) is 6.54 Å². The number of imide groups is 1. The van der Waals surface area contributed by atoms with Crippen LogP contribution in [0.4, 0.5) is 4.79 Å². The van der Waals surface area contributed by atoms with Gasteiger partial charge in [0.1, 0.15) is 6.04 Å². The Balaban J connectivity index is 1.18. The van der Waals surface area contributed by atoms with E-state index in [1.807, 2.05) is 36.4 Å². The van der Waals surface area contributed by atoms with Gasteiger partial charge in [-0.2, -0.15) is 0 Å². The maximum atomic E-state index is 12.6. The molecule has 0 aromatic heterocycles. The van der Waals surface area contributed by atoms with Crippen molar-refractivity contribution in [3.8, 4) is 0 Å². The number of nitrogens with one attached hydrogen (secondary N) is 2. The lowest BCUT2D eigenvalue weighted by atomic mass is 10.0. The predicted molar refractivity (Wildman–Crippen MR) is 121 cm³/mol. The van der Waals surface area contributed by atoms with Gasteiger partial charge in [0.2, 0.25) is 5.91 Å². The van der Waals surface area contributed by atoms with E-state index in [1.165, 1.54) is 10.5 Å². The summed E-state index contributed by atoms with van der Waals surface area (Å²) in [5.41, 5.74) is 2.20. The van der Waals surface area contributed by atoms with Gasteiger partial charge in [0, 0.05) is 32.1 Å². The lowest BCUT2D eigenvalue weighted by Gasteiger charge is -2.32. The number of hydrogen-bond acceptors (Lipinski definition) is 4. The van der Waals surface area contributed by atoms with Gasteiger partial charge < -0.3 is 10.6 Å². The van der Waals surface area contributed by atoms with Gasteiger partial charge in [0.25, 0.3) is 5.91 Å². The van der Waals surface area contributed by atoms with Gasteiger partial charge in [-0.25, -0.2) is 4.79 Å². The van der Waals surface area contributed by atoms with Gasteiger partial charge in [-0.15, -0.1) is 0 Å². The molecule has 0 radical (unpaired) electrons. The molecule has 0 unspecified atom stereocenters. The summed E-state index contributed by atoms with van der Waals surface area (Å²) in [5.74, 6) is -0.323. The van der Waals surface area contributed by atoms with Gasteiger partial charge in [0.15, 0.2) is 0 Å². The molecule has 2 saturated heterocycles. The van der Waals surface area contributed by atoms with Crippen LogP contribution in [0.15, 0.2) is 60.7 Å². The molecule has 0 spiro atoms. The average molecular weight is 435 g/mol. The molecule has 0 bridgehead atoms. The molecule has 2 N–H and O–H groups in total. The fourth-order valence-corrected chi connectivity index (χ4v) is 4.34. The number of hydrogen-bond donors (Lipinski definition) is 2. The second kappa shape index (κ2) is 10.4. The second-order valence-corrected chi connectivity index (χ2v) is 8.55. The molecule has 2 aromatic carbocycles. The first-order valence-corrected chi connectivity index (χ1v) is 11.3. The van der Waals surface area contributed by atoms with Gasteiger partial charge in [-0.1, -0.05) is 60.7 Å². The van der Waals surface area contributed by atoms with Crippen LogP contribution in [0, 0.1) is 0 Å². The number of benzene rings is 2. The maximum absolute atomic E-state index is 12.6. The van der Waals surface area contributed by atoms with Crippen molar-refractivity contribution in [1.29, 1.82) is 0 Å². The van der Waals surface area contributed by atoms with Crippen LogP contribution < -0.4 is 10.6 Å². The minimum absolute atomic E-state index is 0.0601. The van der Waals surface area contributed by atoms with Crippen molar-refractivity contribution in [3.63, 3.8) is 0 Å². The smallest absolute Gasteiger partial charge is 0.325 e. The van der Waals surface area contributed by atoms with Crippen LogP contribution in [0.2, 0.25) is 0 Å². The van der Waals surface area contributed by atoms with Crippen molar-refractivity contribution in [2.75, 3.05) is 13.1 Å². The van der Waals surface area contributed by atoms with E-state index < -0.39 is 12.1 Å². The van der Waals surface area contributed by atoms with Crippen molar-refractivity contribution >= 4 is 17.8 Å². The van der Waals surface area contributed by atoms with Crippen molar-refractivity contribution in [2.45, 2.75) is 50.9 Å². The number of carbonyl (C=O) groups excluding carboxylic acids is 3. The van der Waals surface area contributed by atoms with E-state index in [2.05, 4.69) is 39.8 Å². The first-order chi connectivity index (χ1) is 15.6. The topological polar surface area (TPSA) is 81.8 Å². The SMILES string of the molecule is O=C(CC[C@@H]1NC(=O)N(Cc2ccccc2)C1=O)NC1CCN(Cc2ccccc2)CC1. The van der Waals surface area contributed by atoms with E-state index in [0.29, 0.717) is 6.42 Å². The summed E-state index contributed by atoms with van der Waals surface area (Å²) in [5, 5.41) is 5.81. The third kappa shape index (κ3) is 5.73. The van der Waals surface area contributed by atoms with Crippen LogP contribution in [0.3, 0.4) is 0 Å². The van der Waals surface area contributed by atoms with Crippen LogP contribution in [-0.2, 0) is 22.7 Å². The van der Waals surface area contributed by atoms with Crippen molar-refractivity contribution in [3.05, 3.63) is 71.8 Å². The largest absolute Gasteiger partial charge is 0.353 e. The summed E-state index contributed by atoms with van der Waals surface area (Å²) in [7, 11) is 0. The highest BCUT2D eigenvalue weighted by atomic mass is 16.2. The highest BCUT2D eigenvalue weighted by Crippen LogP contribution is 2.17. The molecule has 2 aliphatic rings. The van der Waals surface area contributed by atoms with E-state index >= 15 is 0 Å². The number of rotatable bonds is 8. The number of likely N-dealkylation sites (tertiary alicyclic amines) is 1. The number of amides is 4. The molecule has 4 amide bonds. The zero-order valence-corrected chi connectivity index (χ0v) is 18.2.